The standard InChI is InChI=1S/C53H48FN7O10/c1-2-53(69)38-20-42-48-35(25-61(42)50(66)37(38)27-70-51(53)67)33-17-10-18-34-46(33)40(59-48)21-39(54)47(34)60-45(64)24-56-49(65)41(19-28-11-4-3-5-12-28)58-44(63)23-55-43(62)22-57-52(68)71-26-36-31-15-8-6-13-29(31)30-14-7-9-16-32(30)36/h3-9,11-16,20-21,36,41,69H,2,10,17-19,22-27H2,1H3,(H,55,62)(H,56,65)(H,57,68)(H,58,63)(H,60,64)/t41-,53-/m0/s1. The van der Waals surface area contributed by atoms with Gasteiger partial charge in [0.1, 0.15) is 31.6 Å². The third-order valence-electron chi connectivity index (χ3n) is 13.8. The van der Waals surface area contributed by atoms with Gasteiger partial charge in [-0.2, -0.15) is 0 Å². The maximum atomic E-state index is 16.1. The molecule has 4 heterocycles. The molecule has 0 bridgehead atoms. The Bertz CT molecular complexity index is 3240. The number of hydrogen-bond donors (Lipinski definition) is 6. The van der Waals surface area contributed by atoms with Crippen molar-refractivity contribution in [3.63, 3.8) is 0 Å². The minimum atomic E-state index is -2.00. The van der Waals surface area contributed by atoms with Gasteiger partial charge in [0, 0.05) is 34.9 Å². The number of fused-ring (bicyclic) bond motifs is 8. The second-order valence-corrected chi connectivity index (χ2v) is 18.0. The molecule has 17 nitrogen and oxygen atoms in total. The van der Waals surface area contributed by atoms with Crippen LogP contribution in [0.4, 0.5) is 14.9 Å². The molecule has 0 saturated carbocycles. The summed E-state index contributed by atoms with van der Waals surface area (Å²) in [6, 6.07) is 26.2. The van der Waals surface area contributed by atoms with Crippen LogP contribution in [0.25, 0.3) is 33.4 Å². The first-order valence-corrected chi connectivity index (χ1v) is 23.4. The van der Waals surface area contributed by atoms with Crippen LogP contribution < -0.4 is 32.1 Å². The van der Waals surface area contributed by atoms with Crippen LogP contribution in [0.3, 0.4) is 0 Å². The summed E-state index contributed by atoms with van der Waals surface area (Å²) in [4.78, 5) is 96.9. The lowest BCUT2D eigenvalue weighted by atomic mass is 9.85. The summed E-state index contributed by atoms with van der Waals surface area (Å²) in [5, 5.41) is 24.6. The van der Waals surface area contributed by atoms with Crippen LogP contribution in [-0.4, -0.2) is 82.6 Å². The van der Waals surface area contributed by atoms with Crippen molar-refractivity contribution < 1.29 is 47.7 Å². The number of alkyl carbamates (subject to hydrolysis) is 1. The molecule has 2 atom stereocenters. The third kappa shape index (κ3) is 8.64. The summed E-state index contributed by atoms with van der Waals surface area (Å²) in [6.07, 6.45) is 0.794. The predicted octanol–water partition coefficient (Wildman–Crippen LogP) is 4.14. The number of aliphatic hydroxyl groups is 1. The number of nitrogens with one attached hydrogen (secondary N) is 5. The van der Waals surface area contributed by atoms with Crippen molar-refractivity contribution in [2.24, 2.45) is 0 Å². The molecule has 362 valence electrons. The van der Waals surface area contributed by atoms with Crippen LogP contribution in [0.15, 0.2) is 95.8 Å². The average Bonchev–Trinajstić information content (AvgIpc) is 3.92. The van der Waals surface area contributed by atoms with Gasteiger partial charge in [-0.25, -0.2) is 19.0 Å². The van der Waals surface area contributed by atoms with Crippen LogP contribution in [0.5, 0.6) is 0 Å². The fourth-order valence-corrected chi connectivity index (χ4v) is 10.3. The van der Waals surface area contributed by atoms with Gasteiger partial charge in [-0.15, -0.1) is 0 Å². The van der Waals surface area contributed by atoms with Crippen molar-refractivity contribution in [3.8, 4) is 22.5 Å². The van der Waals surface area contributed by atoms with E-state index in [4.69, 9.17) is 14.5 Å². The lowest BCUT2D eigenvalue weighted by Gasteiger charge is -2.31. The molecule has 0 unspecified atom stereocenters. The number of aromatic nitrogens is 2. The fraction of sp³-hybridized carbons (Fsp3) is 0.283. The van der Waals surface area contributed by atoms with Crippen LogP contribution in [-0.2, 0) is 71.5 Å². The quantitative estimate of drug-likeness (QED) is 0.0848. The number of benzene rings is 4. The smallest absolute Gasteiger partial charge is 0.407 e. The number of ether oxygens (including phenoxy) is 2. The molecule has 4 aromatic carbocycles. The Morgan fingerprint density at radius 3 is 2.24 bits per heavy atom. The highest BCUT2D eigenvalue weighted by Gasteiger charge is 2.46. The number of carbonyl (C=O) groups excluding carboxylic acids is 6. The second-order valence-electron chi connectivity index (χ2n) is 18.0. The van der Waals surface area contributed by atoms with Crippen molar-refractivity contribution >= 4 is 52.3 Å². The van der Waals surface area contributed by atoms with Gasteiger partial charge in [-0.1, -0.05) is 85.8 Å². The number of aryl methyl sites for hydroxylation is 2. The highest BCUT2D eigenvalue weighted by Crippen LogP contribution is 2.46. The van der Waals surface area contributed by atoms with Gasteiger partial charge >= 0.3 is 12.1 Å². The topological polar surface area (TPSA) is 236 Å². The fourth-order valence-electron chi connectivity index (χ4n) is 10.3. The Hall–Kier alpha value is -8.25. The highest BCUT2D eigenvalue weighted by molar-refractivity contribution is 6.01. The molecule has 6 aromatic rings. The van der Waals surface area contributed by atoms with E-state index in [-0.39, 0.29) is 55.3 Å². The first-order valence-electron chi connectivity index (χ1n) is 23.4. The number of halogens is 1. The molecule has 10 rings (SSSR count). The molecule has 0 spiro atoms. The highest BCUT2D eigenvalue weighted by atomic mass is 19.1. The van der Waals surface area contributed by atoms with E-state index in [1.54, 1.807) is 43.3 Å². The van der Waals surface area contributed by atoms with E-state index in [2.05, 4.69) is 26.6 Å². The summed E-state index contributed by atoms with van der Waals surface area (Å²) in [6.45, 7) is -0.0300. The first-order chi connectivity index (χ1) is 34.3. The second kappa shape index (κ2) is 18.9. The SMILES string of the molecule is CC[C@@]1(O)C(=O)OCc2c1cc1n(c2=O)Cc2c-1nc1cc(F)c(NC(=O)CNC(=O)[C@H](Cc3ccccc3)NC(=O)CNC(=O)CNC(=O)OCC3c4ccccc4-c4ccccc43)c3c1c2CCC3. The number of pyridine rings is 2. The number of cyclic esters (lactones) is 1. The van der Waals surface area contributed by atoms with E-state index in [0.29, 0.717) is 52.7 Å². The van der Waals surface area contributed by atoms with Crippen molar-refractivity contribution in [3.05, 3.63) is 152 Å². The molecule has 18 heteroatoms. The third-order valence-corrected chi connectivity index (χ3v) is 13.8. The monoisotopic (exact) mass is 961 g/mol. The molecule has 2 aliphatic heterocycles. The largest absolute Gasteiger partial charge is 0.458 e. The Labute approximate surface area is 405 Å². The number of anilines is 1. The van der Waals surface area contributed by atoms with E-state index in [9.17, 15) is 38.7 Å². The zero-order valence-corrected chi connectivity index (χ0v) is 38.5. The number of hydrogen-bond acceptors (Lipinski definition) is 11. The zero-order chi connectivity index (χ0) is 49.6. The Kier molecular flexibility index (Phi) is 12.4. The summed E-state index contributed by atoms with van der Waals surface area (Å²) >= 11 is 0. The van der Waals surface area contributed by atoms with Crippen LogP contribution in [0.2, 0.25) is 0 Å². The van der Waals surface area contributed by atoms with Gasteiger partial charge in [0.05, 0.1) is 47.8 Å². The summed E-state index contributed by atoms with van der Waals surface area (Å²) in [5.41, 5.74) is 6.04. The van der Waals surface area contributed by atoms with Crippen molar-refractivity contribution in [1.82, 2.24) is 30.8 Å². The van der Waals surface area contributed by atoms with Gasteiger partial charge < -0.3 is 45.7 Å². The molecule has 2 aromatic heterocycles. The molecule has 2 aliphatic carbocycles. The number of amides is 5. The van der Waals surface area contributed by atoms with Gasteiger partial charge in [0.25, 0.3) is 5.56 Å². The van der Waals surface area contributed by atoms with Gasteiger partial charge in [0.2, 0.25) is 23.6 Å². The molecule has 4 aliphatic rings. The number of nitrogens with zero attached hydrogens (tertiary/aromatic N) is 2. The zero-order valence-electron chi connectivity index (χ0n) is 38.5. The predicted molar refractivity (Wildman–Crippen MR) is 256 cm³/mol. The lowest BCUT2D eigenvalue weighted by molar-refractivity contribution is -0.172. The summed E-state index contributed by atoms with van der Waals surface area (Å²) in [5.74, 6) is -4.62. The molecule has 0 fully saturated rings. The van der Waals surface area contributed by atoms with Crippen LogP contribution in [0.1, 0.15) is 70.2 Å². The Balaban J connectivity index is 0.765. The Morgan fingerprint density at radius 1 is 0.831 bits per heavy atom. The van der Waals surface area contributed by atoms with E-state index in [0.717, 1.165) is 33.4 Å². The molecule has 0 saturated heterocycles. The van der Waals surface area contributed by atoms with Crippen LogP contribution in [0, 0.1) is 5.82 Å². The normalized spacial score (nSPS) is 16.3. The minimum absolute atomic E-state index is 0.0144. The van der Waals surface area contributed by atoms with E-state index in [1.807, 2.05) is 48.5 Å². The maximum Gasteiger partial charge on any atom is 0.407 e. The number of carbonyl (C=O) groups is 6. The van der Waals surface area contributed by atoms with Crippen molar-refractivity contribution in [2.75, 3.05) is 31.6 Å². The molecular weight excluding hydrogens is 914 g/mol. The average molecular weight is 962 g/mol. The van der Waals surface area contributed by atoms with E-state index in [1.165, 1.54) is 10.6 Å². The minimum Gasteiger partial charge on any atom is -0.458 e. The van der Waals surface area contributed by atoms with Gasteiger partial charge in [-0.3, -0.25) is 24.0 Å². The summed E-state index contributed by atoms with van der Waals surface area (Å²) < 4.78 is 28.3. The number of esters is 1. The van der Waals surface area contributed by atoms with E-state index < -0.39 is 78.3 Å². The molecule has 5 amide bonds. The molecule has 6 N–H and O–H groups in total. The van der Waals surface area contributed by atoms with Gasteiger partial charge in [-0.05, 0) is 70.7 Å². The maximum absolute atomic E-state index is 16.1. The van der Waals surface area contributed by atoms with Crippen molar-refractivity contribution in [1.29, 1.82) is 0 Å². The van der Waals surface area contributed by atoms with E-state index >= 15 is 4.39 Å². The first kappa shape index (κ1) is 46.5. The van der Waals surface area contributed by atoms with Crippen LogP contribution >= 0.6 is 0 Å². The molecular formula is C53H48FN7O10. The summed E-state index contributed by atoms with van der Waals surface area (Å²) in [7, 11) is 0. The lowest BCUT2D eigenvalue weighted by Crippen LogP contribution is -2.52. The van der Waals surface area contributed by atoms with Crippen molar-refractivity contribution in [2.45, 2.75) is 69.7 Å². The number of rotatable bonds is 14. The van der Waals surface area contributed by atoms with Gasteiger partial charge in [0.15, 0.2) is 5.60 Å². The Morgan fingerprint density at radius 2 is 1.51 bits per heavy atom. The molecule has 71 heavy (non-hydrogen) atoms. The molecule has 0 radical (unpaired) electrons.